The molecule has 2 aliphatic carbocycles. The van der Waals surface area contributed by atoms with Gasteiger partial charge < -0.3 is 5.11 Å². The van der Waals surface area contributed by atoms with Gasteiger partial charge >= 0.3 is 0 Å². The number of aliphatic hydroxyl groups excluding tert-OH is 1. The van der Waals surface area contributed by atoms with Crippen LogP contribution in [0, 0.1) is 11.8 Å². The Morgan fingerprint density at radius 1 is 1.22 bits per heavy atom. The Kier molecular flexibility index (Phi) is 1.24. The highest BCUT2D eigenvalue weighted by molar-refractivity contribution is 6.21. The van der Waals surface area contributed by atoms with Gasteiger partial charge in [-0.25, -0.2) is 0 Å². The maximum Gasteiger partial charge on any atom is 0.0734 e. The van der Waals surface area contributed by atoms with Crippen LogP contribution in [0.15, 0.2) is 0 Å². The predicted octanol–water partition coefficient (Wildman–Crippen LogP) is 1.38. The van der Waals surface area contributed by atoms with Crippen molar-refractivity contribution in [3.63, 3.8) is 0 Å². The molecule has 2 fully saturated rings. The van der Waals surface area contributed by atoms with Gasteiger partial charge in [0, 0.05) is 0 Å². The summed E-state index contributed by atoms with van der Waals surface area (Å²) in [5, 5.41) is 9.43. The molecule has 0 aliphatic heterocycles. The lowest BCUT2D eigenvalue weighted by Crippen LogP contribution is -2.27. The zero-order chi connectivity index (χ0) is 6.43. The van der Waals surface area contributed by atoms with Gasteiger partial charge in [-0.3, -0.25) is 0 Å². The number of halogens is 1. The molecule has 4 atom stereocenters. The molecule has 0 amide bonds. The normalized spacial score (nSPS) is 56.7. The van der Waals surface area contributed by atoms with Crippen molar-refractivity contribution in [1.29, 1.82) is 0 Å². The highest BCUT2D eigenvalue weighted by Gasteiger charge is 2.45. The largest absolute Gasteiger partial charge is 0.391 e. The SMILES string of the molecule is O[C@@H]1[C@@H]2CC[C@H](C2)[C@@H]1Cl. The third-order valence-electron chi connectivity index (χ3n) is 2.77. The summed E-state index contributed by atoms with van der Waals surface area (Å²) in [5.74, 6) is 1.17. The van der Waals surface area contributed by atoms with Crippen LogP contribution >= 0.6 is 11.6 Å². The van der Waals surface area contributed by atoms with Crippen LogP contribution in [0.2, 0.25) is 0 Å². The summed E-state index contributed by atoms with van der Waals surface area (Å²) in [4.78, 5) is 0. The summed E-state index contributed by atoms with van der Waals surface area (Å²) in [6.45, 7) is 0. The Morgan fingerprint density at radius 2 is 1.89 bits per heavy atom. The summed E-state index contributed by atoms with van der Waals surface area (Å²) >= 11 is 5.91. The monoisotopic (exact) mass is 146 g/mol. The molecule has 9 heavy (non-hydrogen) atoms. The van der Waals surface area contributed by atoms with Gasteiger partial charge in [-0.15, -0.1) is 11.6 Å². The van der Waals surface area contributed by atoms with Gasteiger partial charge in [0.25, 0.3) is 0 Å². The van der Waals surface area contributed by atoms with Gasteiger partial charge in [-0.2, -0.15) is 0 Å². The van der Waals surface area contributed by atoms with E-state index in [1.807, 2.05) is 0 Å². The number of rotatable bonds is 0. The lowest BCUT2D eigenvalue weighted by atomic mass is 9.97. The van der Waals surface area contributed by atoms with Crippen molar-refractivity contribution in [2.75, 3.05) is 0 Å². The third kappa shape index (κ3) is 0.714. The maximum absolute atomic E-state index is 9.36. The summed E-state index contributed by atoms with van der Waals surface area (Å²) in [7, 11) is 0. The Balaban J connectivity index is 2.15. The molecule has 52 valence electrons. The van der Waals surface area contributed by atoms with Crippen LogP contribution in [0.3, 0.4) is 0 Å². The van der Waals surface area contributed by atoms with E-state index in [9.17, 15) is 5.11 Å². The quantitative estimate of drug-likeness (QED) is 0.512. The van der Waals surface area contributed by atoms with Crippen molar-refractivity contribution in [2.24, 2.45) is 11.8 Å². The smallest absolute Gasteiger partial charge is 0.0734 e. The number of alkyl halides is 1. The van der Waals surface area contributed by atoms with Gasteiger partial charge in [-0.05, 0) is 31.1 Å². The minimum Gasteiger partial charge on any atom is -0.391 e. The lowest BCUT2D eigenvalue weighted by molar-refractivity contribution is 0.117. The zero-order valence-electron chi connectivity index (χ0n) is 5.26. The molecule has 0 heterocycles. The molecule has 0 radical (unpaired) electrons. The van der Waals surface area contributed by atoms with Crippen molar-refractivity contribution in [3.8, 4) is 0 Å². The molecule has 0 aromatic rings. The summed E-state index contributed by atoms with van der Waals surface area (Å²) in [6.07, 6.45) is 3.44. The van der Waals surface area contributed by atoms with Crippen LogP contribution in [0.1, 0.15) is 19.3 Å². The molecule has 1 N–H and O–H groups in total. The Bertz CT molecular complexity index is 108. The second kappa shape index (κ2) is 1.86. The van der Waals surface area contributed by atoms with E-state index in [1.165, 1.54) is 19.3 Å². The second-order valence-electron chi connectivity index (χ2n) is 3.27. The van der Waals surface area contributed by atoms with Gasteiger partial charge in [0.1, 0.15) is 0 Å². The summed E-state index contributed by atoms with van der Waals surface area (Å²) < 4.78 is 0. The molecule has 0 saturated heterocycles. The average molecular weight is 147 g/mol. The fraction of sp³-hybridized carbons (Fsp3) is 1.00. The van der Waals surface area contributed by atoms with Crippen LogP contribution in [-0.4, -0.2) is 16.6 Å². The Hall–Kier alpha value is 0.250. The topological polar surface area (TPSA) is 20.2 Å². The van der Waals surface area contributed by atoms with Crippen molar-refractivity contribution >= 4 is 11.6 Å². The first-order valence-electron chi connectivity index (χ1n) is 3.61. The summed E-state index contributed by atoms with van der Waals surface area (Å²) in [5.41, 5.74) is 0. The van der Waals surface area contributed by atoms with Gasteiger partial charge in [0.2, 0.25) is 0 Å². The van der Waals surface area contributed by atoms with Crippen molar-refractivity contribution < 1.29 is 5.11 Å². The van der Waals surface area contributed by atoms with E-state index in [0.29, 0.717) is 11.8 Å². The lowest BCUT2D eigenvalue weighted by Gasteiger charge is -2.20. The molecule has 2 bridgehead atoms. The molecule has 2 heteroatoms. The van der Waals surface area contributed by atoms with Crippen LogP contribution < -0.4 is 0 Å². The molecule has 2 aliphatic rings. The first-order valence-corrected chi connectivity index (χ1v) is 4.05. The van der Waals surface area contributed by atoms with Crippen LogP contribution in [0.4, 0.5) is 0 Å². The number of fused-ring (bicyclic) bond motifs is 2. The zero-order valence-corrected chi connectivity index (χ0v) is 6.01. The van der Waals surface area contributed by atoms with E-state index in [4.69, 9.17) is 11.6 Å². The first-order chi connectivity index (χ1) is 4.29. The standard InChI is InChI=1S/C7H11ClO/c8-6-4-1-2-5(3-4)7(6)9/h4-7,9H,1-3H2/t4-,5-,6+,7-/m1/s1. The minimum absolute atomic E-state index is 0.0729. The number of hydrogen-bond acceptors (Lipinski definition) is 1. The molecular formula is C7H11ClO. The van der Waals surface area contributed by atoms with Crippen molar-refractivity contribution in [2.45, 2.75) is 30.7 Å². The van der Waals surface area contributed by atoms with Crippen LogP contribution in [-0.2, 0) is 0 Å². The number of aliphatic hydroxyl groups is 1. The highest BCUT2D eigenvalue weighted by atomic mass is 35.5. The summed E-state index contributed by atoms with van der Waals surface area (Å²) in [6, 6.07) is 0. The fourth-order valence-electron chi connectivity index (χ4n) is 2.19. The molecule has 0 aromatic carbocycles. The Labute approximate surface area is 60.0 Å². The molecule has 2 saturated carbocycles. The Morgan fingerprint density at radius 3 is 2.22 bits per heavy atom. The minimum atomic E-state index is -0.189. The van der Waals surface area contributed by atoms with Gasteiger partial charge in [0.05, 0.1) is 11.5 Å². The average Bonchev–Trinajstić information content (AvgIpc) is 2.37. The van der Waals surface area contributed by atoms with Crippen molar-refractivity contribution in [3.05, 3.63) is 0 Å². The van der Waals surface area contributed by atoms with E-state index in [1.54, 1.807) is 0 Å². The van der Waals surface area contributed by atoms with Crippen LogP contribution in [0.5, 0.6) is 0 Å². The molecular weight excluding hydrogens is 136 g/mol. The van der Waals surface area contributed by atoms with E-state index < -0.39 is 0 Å². The number of hydrogen-bond donors (Lipinski definition) is 1. The van der Waals surface area contributed by atoms with Gasteiger partial charge in [0.15, 0.2) is 0 Å². The van der Waals surface area contributed by atoms with E-state index in [-0.39, 0.29) is 11.5 Å². The first kappa shape index (κ1) is 5.99. The molecule has 2 rings (SSSR count). The molecule has 1 nitrogen and oxygen atoms in total. The molecule has 0 unspecified atom stereocenters. The highest BCUT2D eigenvalue weighted by Crippen LogP contribution is 2.46. The maximum atomic E-state index is 9.36. The van der Waals surface area contributed by atoms with E-state index in [2.05, 4.69) is 0 Å². The second-order valence-corrected chi connectivity index (χ2v) is 3.77. The fourth-order valence-corrected chi connectivity index (χ4v) is 2.63. The molecule has 0 spiro atoms. The predicted molar refractivity (Wildman–Crippen MR) is 36.5 cm³/mol. The third-order valence-corrected chi connectivity index (χ3v) is 3.39. The van der Waals surface area contributed by atoms with E-state index >= 15 is 0 Å². The van der Waals surface area contributed by atoms with Gasteiger partial charge in [-0.1, -0.05) is 0 Å². The molecule has 0 aromatic heterocycles. The van der Waals surface area contributed by atoms with Crippen LogP contribution in [0.25, 0.3) is 0 Å². The van der Waals surface area contributed by atoms with E-state index in [0.717, 1.165) is 0 Å². The van der Waals surface area contributed by atoms with Crippen molar-refractivity contribution in [1.82, 2.24) is 0 Å².